The van der Waals surface area contributed by atoms with Gasteiger partial charge in [-0.1, -0.05) is 53.0 Å². The van der Waals surface area contributed by atoms with Crippen molar-refractivity contribution in [2.24, 2.45) is 0 Å². The van der Waals surface area contributed by atoms with E-state index in [0.29, 0.717) is 16.8 Å². The Kier molecular flexibility index (Phi) is 6.38. The summed E-state index contributed by atoms with van der Waals surface area (Å²) in [7, 11) is 0. The first-order valence-corrected chi connectivity index (χ1v) is 10.9. The maximum atomic E-state index is 14.2. The van der Waals surface area contributed by atoms with Crippen LogP contribution in [-0.4, -0.2) is 12.1 Å². The SMILES string of the molecule is Cc1ccc(C(=O)Nc2cc(C3=CC(c4cc(Cl)cc(Cl)c4)(C(F)(F)F)ON3)ccc2C)cc1. The lowest BCUT2D eigenvalue weighted by Gasteiger charge is -2.28. The van der Waals surface area contributed by atoms with E-state index in [0.717, 1.165) is 29.3 Å². The van der Waals surface area contributed by atoms with Crippen molar-refractivity contribution in [3.05, 3.63) is 105 Å². The molecule has 4 nitrogen and oxygen atoms in total. The number of aryl methyl sites for hydroxylation is 2. The van der Waals surface area contributed by atoms with Crippen molar-refractivity contribution in [2.75, 3.05) is 5.32 Å². The maximum Gasteiger partial charge on any atom is 0.428 e. The highest BCUT2D eigenvalue weighted by Gasteiger charge is 2.59. The highest BCUT2D eigenvalue weighted by molar-refractivity contribution is 6.34. The minimum Gasteiger partial charge on any atom is -0.322 e. The van der Waals surface area contributed by atoms with Crippen molar-refractivity contribution < 1.29 is 22.8 Å². The van der Waals surface area contributed by atoms with Gasteiger partial charge in [0.05, 0.1) is 5.70 Å². The summed E-state index contributed by atoms with van der Waals surface area (Å²) >= 11 is 11.9. The molecular weight excluding hydrogens is 488 g/mol. The molecule has 1 unspecified atom stereocenters. The number of anilines is 1. The minimum atomic E-state index is -4.82. The average Bonchev–Trinajstić information content (AvgIpc) is 3.22. The molecule has 1 heterocycles. The van der Waals surface area contributed by atoms with Crippen molar-refractivity contribution >= 4 is 40.5 Å². The third-order valence-electron chi connectivity index (χ3n) is 5.49. The molecular formula is C25H19Cl2F3N2O2. The van der Waals surface area contributed by atoms with E-state index in [4.69, 9.17) is 28.0 Å². The van der Waals surface area contributed by atoms with Crippen LogP contribution < -0.4 is 10.8 Å². The van der Waals surface area contributed by atoms with Gasteiger partial charge in [-0.15, -0.1) is 0 Å². The van der Waals surface area contributed by atoms with E-state index in [1.807, 2.05) is 19.1 Å². The molecule has 0 saturated carbocycles. The summed E-state index contributed by atoms with van der Waals surface area (Å²) in [5, 5.41) is 2.91. The molecule has 3 aromatic rings. The lowest BCUT2D eigenvalue weighted by molar-refractivity contribution is -0.269. The first-order chi connectivity index (χ1) is 16.0. The number of benzene rings is 3. The van der Waals surface area contributed by atoms with Gasteiger partial charge in [0.2, 0.25) is 5.60 Å². The summed E-state index contributed by atoms with van der Waals surface area (Å²) in [6.07, 6.45) is -3.88. The zero-order valence-corrected chi connectivity index (χ0v) is 19.6. The average molecular weight is 507 g/mol. The topological polar surface area (TPSA) is 50.4 Å². The fourth-order valence-corrected chi connectivity index (χ4v) is 4.10. The van der Waals surface area contributed by atoms with E-state index >= 15 is 0 Å². The van der Waals surface area contributed by atoms with Crippen LogP contribution in [0.2, 0.25) is 10.0 Å². The van der Waals surface area contributed by atoms with Crippen LogP contribution in [0.3, 0.4) is 0 Å². The first kappa shape index (κ1) is 24.1. The Morgan fingerprint density at radius 1 is 0.971 bits per heavy atom. The monoisotopic (exact) mass is 506 g/mol. The van der Waals surface area contributed by atoms with Gasteiger partial charge in [0.15, 0.2) is 0 Å². The van der Waals surface area contributed by atoms with Crippen LogP contribution in [0.4, 0.5) is 18.9 Å². The molecule has 0 aliphatic carbocycles. The largest absolute Gasteiger partial charge is 0.428 e. The number of hydroxylamine groups is 1. The number of rotatable bonds is 4. The number of halogens is 5. The fraction of sp³-hybridized carbons (Fsp3) is 0.160. The Balaban J connectivity index is 1.70. The van der Waals surface area contributed by atoms with E-state index in [1.54, 1.807) is 37.3 Å². The maximum absolute atomic E-state index is 14.2. The molecule has 0 saturated heterocycles. The molecule has 0 spiro atoms. The second kappa shape index (κ2) is 8.98. The molecule has 4 rings (SSSR count). The van der Waals surface area contributed by atoms with E-state index in [-0.39, 0.29) is 27.2 Å². The molecule has 2 N–H and O–H groups in total. The Bertz CT molecular complexity index is 1270. The Hall–Kier alpha value is -3.00. The quantitative estimate of drug-likeness (QED) is 0.393. The molecule has 0 aromatic heterocycles. The predicted octanol–water partition coefficient (Wildman–Crippen LogP) is 7.20. The van der Waals surface area contributed by atoms with Crippen molar-refractivity contribution in [3.8, 4) is 0 Å². The number of amides is 1. The highest BCUT2D eigenvalue weighted by atomic mass is 35.5. The Morgan fingerprint density at radius 2 is 1.62 bits per heavy atom. The van der Waals surface area contributed by atoms with E-state index < -0.39 is 11.8 Å². The van der Waals surface area contributed by atoms with Gasteiger partial charge in [-0.25, -0.2) is 0 Å². The third-order valence-corrected chi connectivity index (χ3v) is 5.93. The molecule has 0 fully saturated rings. The van der Waals surface area contributed by atoms with E-state index in [1.165, 1.54) is 6.07 Å². The first-order valence-electron chi connectivity index (χ1n) is 10.2. The molecule has 3 aromatic carbocycles. The van der Waals surface area contributed by atoms with Crippen LogP contribution in [-0.2, 0) is 10.4 Å². The Labute approximate surface area is 204 Å². The lowest BCUT2D eigenvalue weighted by atomic mass is 9.91. The van der Waals surface area contributed by atoms with Crippen LogP contribution in [0.1, 0.15) is 32.6 Å². The molecule has 0 bridgehead atoms. The molecule has 176 valence electrons. The number of hydrogen-bond acceptors (Lipinski definition) is 3. The number of carbonyl (C=O) groups excluding carboxylic acids is 1. The van der Waals surface area contributed by atoms with Gasteiger partial charge in [-0.3, -0.25) is 15.1 Å². The zero-order chi connectivity index (χ0) is 24.7. The van der Waals surface area contributed by atoms with Crippen LogP contribution in [0.15, 0.2) is 66.7 Å². The van der Waals surface area contributed by atoms with Gasteiger partial charge in [-0.2, -0.15) is 13.2 Å². The minimum absolute atomic E-state index is 0.0491. The molecule has 1 atom stereocenters. The van der Waals surface area contributed by atoms with Gasteiger partial charge >= 0.3 is 6.18 Å². The summed E-state index contributed by atoms with van der Waals surface area (Å²) < 4.78 is 42.7. The summed E-state index contributed by atoms with van der Waals surface area (Å²) in [5.74, 6) is -0.330. The van der Waals surface area contributed by atoms with Gasteiger partial charge < -0.3 is 5.32 Å². The smallest absolute Gasteiger partial charge is 0.322 e. The zero-order valence-electron chi connectivity index (χ0n) is 18.1. The third kappa shape index (κ3) is 4.64. The predicted molar refractivity (Wildman–Crippen MR) is 127 cm³/mol. The van der Waals surface area contributed by atoms with Crippen molar-refractivity contribution in [2.45, 2.75) is 25.6 Å². The molecule has 34 heavy (non-hydrogen) atoms. The summed E-state index contributed by atoms with van der Waals surface area (Å²) in [6, 6.07) is 15.6. The molecule has 9 heteroatoms. The molecule has 1 amide bonds. The van der Waals surface area contributed by atoms with Crippen molar-refractivity contribution in [1.82, 2.24) is 5.48 Å². The van der Waals surface area contributed by atoms with Crippen molar-refractivity contribution in [1.29, 1.82) is 0 Å². The standard InChI is InChI=1S/C25H19Cl2F3N2O2/c1-14-3-6-16(7-4-14)23(33)31-21-9-17(8-5-15(21)2)22-13-24(34-32-22,25(28,29)30)18-10-19(26)12-20(27)11-18/h3-13,32H,1-2H3,(H,31,33). The number of hydrogen-bond donors (Lipinski definition) is 2. The van der Waals surface area contributed by atoms with Gasteiger partial charge in [-0.05, 0) is 61.9 Å². The highest BCUT2D eigenvalue weighted by Crippen LogP contribution is 2.48. The van der Waals surface area contributed by atoms with Gasteiger partial charge in [0.25, 0.3) is 5.91 Å². The van der Waals surface area contributed by atoms with E-state index in [9.17, 15) is 18.0 Å². The number of alkyl halides is 3. The van der Waals surface area contributed by atoms with Crippen LogP contribution in [0.25, 0.3) is 5.70 Å². The second-order valence-electron chi connectivity index (χ2n) is 8.00. The lowest BCUT2D eigenvalue weighted by Crippen LogP contribution is -2.42. The fourth-order valence-electron chi connectivity index (χ4n) is 3.58. The van der Waals surface area contributed by atoms with Crippen LogP contribution in [0, 0.1) is 13.8 Å². The number of nitrogens with one attached hydrogen (secondary N) is 2. The molecule has 1 aliphatic heterocycles. The van der Waals surface area contributed by atoms with Gasteiger partial charge in [0, 0.05) is 32.4 Å². The molecule has 1 aliphatic rings. The molecule has 0 radical (unpaired) electrons. The normalized spacial score (nSPS) is 17.8. The van der Waals surface area contributed by atoms with Crippen molar-refractivity contribution in [3.63, 3.8) is 0 Å². The van der Waals surface area contributed by atoms with Gasteiger partial charge in [0.1, 0.15) is 0 Å². The van der Waals surface area contributed by atoms with Crippen LogP contribution >= 0.6 is 23.2 Å². The summed E-state index contributed by atoms with van der Waals surface area (Å²) in [4.78, 5) is 17.8. The Morgan fingerprint density at radius 3 is 2.24 bits per heavy atom. The van der Waals surface area contributed by atoms with Crippen LogP contribution in [0.5, 0.6) is 0 Å². The summed E-state index contributed by atoms with van der Waals surface area (Å²) in [6.45, 7) is 3.70. The second-order valence-corrected chi connectivity index (χ2v) is 8.88. The van der Waals surface area contributed by atoms with E-state index in [2.05, 4.69) is 10.8 Å². The summed E-state index contributed by atoms with van der Waals surface area (Å²) in [5.41, 5.74) is 2.48. The number of carbonyl (C=O) groups is 1.